The van der Waals surface area contributed by atoms with Gasteiger partial charge in [-0.05, 0) is 12.8 Å². The maximum Gasteiger partial charge on any atom is 0.326 e. The molecule has 30 heavy (non-hydrogen) atoms. The second kappa shape index (κ2) is 12.4. The van der Waals surface area contributed by atoms with Gasteiger partial charge in [-0.15, -0.1) is 0 Å². The van der Waals surface area contributed by atoms with E-state index in [-0.39, 0.29) is 0 Å². The number of nitrogens with one attached hydrogen (secondary N) is 3. The summed E-state index contributed by atoms with van der Waals surface area (Å²) in [6.07, 6.45) is -0.803. The summed E-state index contributed by atoms with van der Waals surface area (Å²) in [5, 5.41) is 16.0. The molecule has 5 unspecified atom stereocenters. The molecular formula is C17H30N6O7. The van der Waals surface area contributed by atoms with Gasteiger partial charge >= 0.3 is 5.97 Å². The van der Waals surface area contributed by atoms with Gasteiger partial charge in [0.1, 0.15) is 18.1 Å². The van der Waals surface area contributed by atoms with Crippen molar-refractivity contribution < 1.29 is 33.9 Å². The van der Waals surface area contributed by atoms with Gasteiger partial charge in [-0.3, -0.25) is 24.0 Å². The predicted molar refractivity (Wildman–Crippen MR) is 104 cm³/mol. The average molecular weight is 430 g/mol. The molecule has 13 heteroatoms. The summed E-state index contributed by atoms with van der Waals surface area (Å²) in [5.41, 5.74) is 15.6. The van der Waals surface area contributed by atoms with Crippen molar-refractivity contribution >= 4 is 35.5 Å². The molecule has 0 aliphatic rings. The molecule has 0 spiro atoms. The number of hydrogen-bond acceptors (Lipinski definition) is 7. The lowest BCUT2D eigenvalue weighted by Crippen LogP contribution is -2.58. The number of carbonyl (C=O) groups is 6. The van der Waals surface area contributed by atoms with Crippen LogP contribution in [-0.4, -0.2) is 64.8 Å². The summed E-state index contributed by atoms with van der Waals surface area (Å²) < 4.78 is 0. The number of rotatable bonds is 13. The van der Waals surface area contributed by atoms with Crippen molar-refractivity contribution in [1.82, 2.24) is 16.0 Å². The molecule has 5 atom stereocenters. The highest BCUT2D eigenvalue weighted by Gasteiger charge is 2.32. The van der Waals surface area contributed by atoms with Crippen LogP contribution in [-0.2, 0) is 28.8 Å². The van der Waals surface area contributed by atoms with Crippen LogP contribution in [0.3, 0.4) is 0 Å². The number of aliphatic carboxylic acids is 1. The first-order valence-corrected chi connectivity index (χ1v) is 9.26. The molecule has 0 saturated carbocycles. The van der Waals surface area contributed by atoms with Crippen LogP contribution >= 0.6 is 0 Å². The largest absolute Gasteiger partial charge is 0.480 e. The molecule has 5 amide bonds. The molecule has 0 bridgehead atoms. The maximum atomic E-state index is 12.5. The third-order valence-corrected chi connectivity index (χ3v) is 4.27. The van der Waals surface area contributed by atoms with Crippen molar-refractivity contribution in [2.45, 2.75) is 64.2 Å². The van der Waals surface area contributed by atoms with Gasteiger partial charge in [-0.2, -0.15) is 0 Å². The standard InChI is InChI=1S/C17H30N6O7/c1-4-7(2)13(17(29)30)23-16(28)10(6-12(20)25)22-15(27)9(5-11(19)24)21-14(26)8(3)18/h7-10,13H,4-6,18H2,1-3H3,(H2,19,24)(H2,20,25)(H,21,26)(H,22,27)(H,23,28)(H,29,30). The Bertz CT molecular complexity index is 682. The molecule has 170 valence electrons. The molecule has 0 saturated heterocycles. The van der Waals surface area contributed by atoms with E-state index < -0.39 is 78.4 Å². The number of carboxylic acids is 1. The van der Waals surface area contributed by atoms with Crippen molar-refractivity contribution in [3.8, 4) is 0 Å². The Hall–Kier alpha value is -3.22. The van der Waals surface area contributed by atoms with Crippen LogP contribution in [0, 0.1) is 5.92 Å². The fourth-order valence-corrected chi connectivity index (χ4v) is 2.33. The van der Waals surface area contributed by atoms with Crippen molar-refractivity contribution in [2.24, 2.45) is 23.1 Å². The highest BCUT2D eigenvalue weighted by Crippen LogP contribution is 2.09. The molecule has 0 aromatic heterocycles. The smallest absolute Gasteiger partial charge is 0.326 e. The summed E-state index contributed by atoms with van der Waals surface area (Å²) in [4.78, 5) is 70.8. The van der Waals surface area contributed by atoms with Crippen LogP contribution in [0.25, 0.3) is 0 Å². The Morgan fingerprint density at radius 2 is 1.20 bits per heavy atom. The minimum absolute atomic E-state index is 0.439. The van der Waals surface area contributed by atoms with Crippen LogP contribution < -0.4 is 33.2 Å². The Kier molecular flexibility index (Phi) is 11.0. The summed E-state index contributed by atoms with van der Waals surface area (Å²) in [5.74, 6) is -6.32. The number of carbonyl (C=O) groups excluding carboxylic acids is 5. The quantitative estimate of drug-likeness (QED) is 0.155. The molecule has 0 radical (unpaired) electrons. The lowest BCUT2D eigenvalue weighted by atomic mass is 9.98. The molecule has 0 aromatic rings. The van der Waals surface area contributed by atoms with E-state index >= 15 is 0 Å². The van der Waals surface area contributed by atoms with Gasteiger partial charge in [0, 0.05) is 0 Å². The van der Waals surface area contributed by atoms with Crippen LogP contribution in [0.2, 0.25) is 0 Å². The summed E-state index contributed by atoms with van der Waals surface area (Å²) >= 11 is 0. The topological polar surface area (TPSA) is 237 Å². The molecule has 0 aliphatic heterocycles. The predicted octanol–water partition coefficient (Wildman–Crippen LogP) is -3.33. The second-order valence-corrected chi connectivity index (χ2v) is 6.96. The highest BCUT2D eigenvalue weighted by atomic mass is 16.4. The van der Waals surface area contributed by atoms with Crippen molar-refractivity contribution in [1.29, 1.82) is 0 Å². The van der Waals surface area contributed by atoms with E-state index in [2.05, 4.69) is 16.0 Å². The van der Waals surface area contributed by atoms with Gasteiger partial charge in [-0.1, -0.05) is 20.3 Å². The lowest BCUT2D eigenvalue weighted by molar-refractivity contribution is -0.144. The first-order chi connectivity index (χ1) is 13.8. The molecule has 0 aromatic carbocycles. The zero-order chi connectivity index (χ0) is 23.6. The molecule has 13 nitrogen and oxygen atoms in total. The Balaban J connectivity index is 5.53. The van der Waals surface area contributed by atoms with Gasteiger partial charge in [0.25, 0.3) is 0 Å². The zero-order valence-electron chi connectivity index (χ0n) is 17.1. The van der Waals surface area contributed by atoms with E-state index in [1.54, 1.807) is 13.8 Å². The van der Waals surface area contributed by atoms with Gasteiger partial charge < -0.3 is 38.3 Å². The fourth-order valence-electron chi connectivity index (χ4n) is 2.33. The van der Waals surface area contributed by atoms with Crippen LogP contribution in [0.4, 0.5) is 0 Å². The monoisotopic (exact) mass is 430 g/mol. The minimum Gasteiger partial charge on any atom is -0.480 e. The van der Waals surface area contributed by atoms with Gasteiger partial charge in [0.2, 0.25) is 29.5 Å². The number of carboxylic acid groups (broad SMARTS) is 1. The highest BCUT2D eigenvalue weighted by molar-refractivity contribution is 5.97. The molecule has 0 aliphatic carbocycles. The van der Waals surface area contributed by atoms with Crippen LogP contribution in [0.15, 0.2) is 0 Å². The van der Waals surface area contributed by atoms with Crippen LogP contribution in [0.5, 0.6) is 0 Å². The summed E-state index contributed by atoms with van der Waals surface area (Å²) in [6, 6.07) is -5.27. The fraction of sp³-hybridized carbons (Fsp3) is 0.647. The number of hydrogen-bond donors (Lipinski definition) is 7. The third-order valence-electron chi connectivity index (χ3n) is 4.27. The van der Waals surface area contributed by atoms with E-state index in [0.29, 0.717) is 6.42 Å². The summed E-state index contributed by atoms with van der Waals surface area (Å²) in [6.45, 7) is 4.68. The maximum absolute atomic E-state index is 12.5. The van der Waals surface area contributed by atoms with E-state index in [1.165, 1.54) is 6.92 Å². The van der Waals surface area contributed by atoms with E-state index in [1.807, 2.05) is 0 Å². The number of primary amides is 2. The lowest BCUT2D eigenvalue weighted by Gasteiger charge is -2.25. The molecule has 0 rings (SSSR count). The van der Waals surface area contributed by atoms with E-state index in [9.17, 15) is 33.9 Å². The minimum atomic E-state index is -1.54. The SMILES string of the molecule is CCC(C)C(NC(=O)C(CC(N)=O)NC(=O)C(CC(N)=O)NC(=O)C(C)N)C(=O)O. The zero-order valence-corrected chi connectivity index (χ0v) is 17.1. The van der Waals surface area contributed by atoms with Gasteiger partial charge in [0.05, 0.1) is 18.9 Å². The number of amides is 5. The molecular weight excluding hydrogens is 400 g/mol. The summed E-state index contributed by atoms with van der Waals surface area (Å²) in [7, 11) is 0. The van der Waals surface area contributed by atoms with Crippen molar-refractivity contribution in [3.63, 3.8) is 0 Å². The van der Waals surface area contributed by atoms with Crippen molar-refractivity contribution in [3.05, 3.63) is 0 Å². The second-order valence-electron chi connectivity index (χ2n) is 6.96. The van der Waals surface area contributed by atoms with Gasteiger partial charge in [0.15, 0.2) is 0 Å². The Morgan fingerprint density at radius 3 is 1.53 bits per heavy atom. The first-order valence-electron chi connectivity index (χ1n) is 9.26. The normalized spacial score (nSPS) is 15.6. The first kappa shape index (κ1) is 26.8. The average Bonchev–Trinajstić information content (AvgIpc) is 2.62. The molecule has 10 N–H and O–H groups in total. The Labute approximate surface area is 173 Å². The van der Waals surface area contributed by atoms with Crippen molar-refractivity contribution in [2.75, 3.05) is 0 Å². The van der Waals surface area contributed by atoms with Crippen LogP contribution in [0.1, 0.15) is 40.0 Å². The number of nitrogens with two attached hydrogens (primary N) is 3. The molecule has 0 fully saturated rings. The van der Waals surface area contributed by atoms with Gasteiger partial charge in [-0.25, -0.2) is 4.79 Å². The van der Waals surface area contributed by atoms with E-state index in [4.69, 9.17) is 17.2 Å². The Morgan fingerprint density at radius 1 is 0.800 bits per heavy atom. The third kappa shape index (κ3) is 9.32. The molecule has 0 heterocycles. The van der Waals surface area contributed by atoms with E-state index in [0.717, 1.165) is 0 Å².